The van der Waals surface area contributed by atoms with Gasteiger partial charge < -0.3 is 19.7 Å². The van der Waals surface area contributed by atoms with E-state index >= 15 is 0 Å². The van der Waals surface area contributed by atoms with Crippen molar-refractivity contribution in [1.82, 2.24) is 10.3 Å². The Balaban J connectivity index is 1.21. The van der Waals surface area contributed by atoms with Gasteiger partial charge in [-0.3, -0.25) is 4.98 Å². The van der Waals surface area contributed by atoms with Crippen LogP contribution in [0.15, 0.2) is 42.6 Å². The second-order valence-corrected chi connectivity index (χ2v) is 10.1. The molecule has 1 aromatic heterocycles. The molecule has 3 fully saturated rings. The number of aromatic nitrogens is 1. The van der Waals surface area contributed by atoms with Crippen molar-refractivity contribution in [1.29, 1.82) is 0 Å². The molecular weight excluding hydrogens is 417 g/mol. The minimum atomic E-state index is -0.142. The highest BCUT2D eigenvalue weighted by molar-refractivity contribution is 5.50. The third kappa shape index (κ3) is 4.79. The number of nitrogens with one attached hydrogen (secondary N) is 1. The summed E-state index contributed by atoms with van der Waals surface area (Å²) < 4.78 is 26.4. The molecule has 1 saturated carbocycles. The Morgan fingerprint density at radius 2 is 2.03 bits per heavy atom. The van der Waals surface area contributed by atoms with Crippen molar-refractivity contribution in [3.05, 3.63) is 59.7 Å². The maximum absolute atomic E-state index is 14.7. The van der Waals surface area contributed by atoms with E-state index in [1.54, 1.807) is 13.2 Å². The van der Waals surface area contributed by atoms with Crippen molar-refractivity contribution >= 4 is 5.69 Å². The lowest BCUT2D eigenvalue weighted by molar-refractivity contribution is -0.104. The van der Waals surface area contributed by atoms with Crippen LogP contribution in [0.5, 0.6) is 0 Å². The molecule has 33 heavy (non-hydrogen) atoms. The molecule has 0 amide bonds. The molecule has 2 aliphatic heterocycles. The molecule has 1 aliphatic carbocycles. The van der Waals surface area contributed by atoms with Gasteiger partial charge >= 0.3 is 0 Å². The first kappa shape index (κ1) is 22.8. The van der Waals surface area contributed by atoms with Crippen LogP contribution >= 0.6 is 0 Å². The molecule has 6 heteroatoms. The van der Waals surface area contributed by atoms with Gasteiger partial charge in [0.15, 0.2) is 0 Å². The SMILES string of the molecule is COC1CN(c2ccc(CNCCC3(c4ccccn4)CCOC4(CCCC4)C3)c(F)c2)C1. The Kier molecular flexibility index (Phi) is 6.68. The van der Waals surface area contributed by atoms with E-state index in [9.17, 15) is 4.39 Å². The van der Waals surface area contributed by atoms with E-state index in [4.69, 9.17) is 14.5 Å². The van der Waals surface area contributed by atoms with Gasteiger partial charge in [0.1, 0.15) is 5.82 Å². The average Bonchev–Trinajstić information content (AvgIpc) is 3.25. The van der Waals surface area contributed by atoms with E-state index < -0.39 is 0 Å². The first-order valence-corrected chi connectivity index (χ1v) is 12.4. The number of ether oxygens (including phenoxy) is 2. The van der Waals surface area contributed by atoms with Crippen molar-refractivity contribution in [2.24, 2.45) is 0 Å². The summed E-state index contributed by atoms with van der Waals surface area (Å²) >= 11 is 0. The van der Waals surface area contributed by atoms with Crippen LogP contribution in [0.25, 0.3) is 0 Å². The van der Waals surface area contributed by atoms with Crippen LogP contribution in [-0.4, -0.2) is 50.0 Å². The highest BCUT2D eigenvalue weighted by Gasteiger charge is 2.48. The molecule has 1 aromatic carbocycles. The van der Waals surface area contributed by atoms with Crippen LogP contribution in [0.4, 0.5) is 10.1 Å². The van der Waals surface area contributed by atoms with Crippen LogP contribution in [-0.2, 0) is 21.4 Å². The zero-order valence-electron chi connectivity index (χ0n) is 19.7. The Labute approximate surface area is 196 Å². The third-order valence-corrected chi connectivity index (χ3v) is 8.05. The predicted molar refractivity (Wildman–Crippen MR) is 128 cm³/mol. The second-order valence-electron chi connectivity index (χ2n) is 10.1. The number of anilines is 1. The maximum atomic E-state index is 14.7. The Bertz CT molecular complexity index is 928. The molecule has 1 spiro atoms. The molecule has 5 nitrogen and oxygen atoms in total. The summed E-state index contributed by atoms with van der Waals surface area (Å²) in [6.07, 6.45) is 10.0. The van der Waals surface area contributed by atoms with Gasteiger partial charge in [-0.15, -0.1) is 0 Å². The molecule has 1 N–H and O–H groups in total. The first-order chi connectivity index (χ1) is 16.1. The number of benzene rings is 1. The van der Waals surface area contributed by atoms with Crippen molar-refractivity contribution < 1.29 is 13.9 Å². The monoisotopic (exact) mass is 453 g/mol. The highest BCUT2D eigenvalue weighted by atomic mass is 19.1. The zero-order valence-corrected chi connectivity index (χ0v) is 19.7. The molecule has 178 valence electrons. The van der Waals surface area contributed by atoms with Crippen LogP contribution in [0.1, 0.15) is 56.2 Å². The van der Waals surface area contributed by atoms with Crippen molar-refractivity contribution in [2.45, 2.75) is 68.6 Å². The van der Waals surface area contributed by atoms with Crippen LogP contribution in [0.3, 0.4) is 0 Å². The summed E-state index contributed by atoms with van der Waals surface area (Å²) in [5, 5.41) is 3.51. The lowest BCUT2D eigenvalue weighted by atomic mass is 9.68. The number of rotatable bonds is 8. The fraction of sp³-hybridized carbons (Fsp3) is 0.593. The van der Waals surface area contributed by atoms with Crippen LogP contribution in [0.2, 0.25) is 0 Å². The zero-order chi connectivity index (χ0) is 22.7. The first-order valence-electron chi connectivity index (χ1n) is 12.4. The molecular formula is C27H36FN3O2. The van der Waals surface area contributed by atoms with Crippen LogP contribution in [0, 0.1) is 5.82 Å². The average molecular weight is 454 g/mol. The summed E-state index contributed by atoms with van der Waals surface area (Å²) in [6, 6.07) is 11.8. The van der Waals surface area contributed by atoms with Gasteiger partial charge in [0.05, 0.1) is 11.7 Å². The lowest BCUT2D eigenvalue weighted by Crippen LogP contribution is -2.51. The number of hydrogen-bond acceptors (Lipinski definition) is 5. The van der Waals surface area contributed by atoms with Crippen LogP contribution < -0.4 is 10.2 Å². The molecule has 5 rings (SSSR count). The van der Waals surface area contributed by atoms with Crippen molar-refractivity contribution in [3.63, 3.8) is 0 Å². The topological polar surface area (TPSA) is 46.6 Å². The van der Waals surface area contributed by atoms with E-state index in [-0.39, 0.29) is 22.9 Å². The van der Waals surface area contributed by atoms with Crippen molar-refractivity contribution in [2.75, 3.05) is 38.3 Å². The van der Waals surface area contributed by atoms with Gasteiger partial charge in [-0.1, -0.05) is 25.0 Å². The van der Waals surface area contributed by atoms with Gasteiger partial charge in [-0.05, 0) is 62.9 Å². The smallest absolute Gasteiger partial charge is 0.129 e. The van der Waals surface area contributed by atoms with Gasteiger partial charge in [-0.25, -0.2) is 4.39 Å². The number of pyridine rings is 1. The predicted octanol–water partition coefficient (Wildman–Crippen LogP) is 4.60. The van der Waals surface area contributed by atoms with Gasteiger partial charge in [-0.2, -0.15) is 0 Å². The molecule has 2 saturated heterocycles. The Hall–Kier alpha value is -2.02. The number of methoxy groups -OCH3 is 1. The Morgan fingerprint density at radius 3 is 2.76 bits per heavy atom. The standard InChI is InChI=1S/C27H36FN3O2/c1-32-23-18-31(19-23)22-8-7-21(24(28)16-22)17-29-14-11-26(25-6-2-5-13-30-25)12-15-33-27(20-26)9-3-4-10-27/h2,5-8,13,16,23,29H,3-4,9-12,14-15,17-20H2,1H3. The number of halogens is 1. The minimum Gasteiger partial charge on any atom is -0.378 e. The van der Waals surface area contributed by atoms with E-state index in [1.165, 1.54) is 18.5 Å². The fourth-order valence-electron chi connectivity index (χ4n) is 6.02. The second kappa shape index (κ2) is 9.69. The quantitative estimate of drug-likeness (QED) is 0.592. The molecule has 2 aromatic rings. The van der Waals surface area contributed by atoms with Gasteiger partial charge in [0, 0.05) is 61.9 Å². The number of nitrogens with zero attached hydrogens (tertiary/aromatic N) is 2. The molecule has 0 radical (unpaired) electrons. The molecule has 1 unspecified atom stereocenters. The van der Waals surface area contributed by atoms with Gasteiger partial charge in [0.2, 0.25) is 0 Å². The summed E-state index contributed by atoms with van der Waals surface area (Å²) in [5.41, 5.74) is 2.88. The lowest BCUT2D eigenvalue weighted by Gasteiger charge is -2.46. The summed E-state index contributed by atoms with van der Waals surface area (Å²) in [5.74, 6) is -0.142. The van der Waals surface area contributed by atoms with E-state index in [0.717, 1.165) is 64.0 Å². The van der Waals surface area contributed by atoms with E-state index in [2.05, 4.69) is 22.3 Å². The fourth-order valence-corrected chi connectivity index (χ4v) is 6.02. The van der Waals surface area contributed by atoms with E-state index in [0.29, 0.717) is 12.1 Å². The largest absolute Gasteiger partial charge is 0.378 e. The molecule has 1 atom stereocenters. The van der Waals surface area contributed by atoms with Gasteiger partial charge in [0.25, 0.3) is 0 Å². The minimum absolute atomic E-state index is 0.0225. The summed E-state index contributed by atoms with van der Waals surface area (Å²) in [6.45, 7) is 3.82. The normalized spacial score (nSPS) is 24.8. The molecule has 0 bridgehead atoms. The molecule has 3 aliphatic rings. The maximum Gasteiger partial charge on any atom is 0.129 e. The Morgan fingerprint density at radius 1 is 1.18 bits per heavy atom. The number of hydrogen-bond donors (Lipinski definition) is 1. The highest BCUT2D eigenvalue weighted by Crippen LogP contribution is 2.49. The summed E-state index contributed by atoms with van der Waals surface area (Å²) in [4.78, 5) is 6.92. The molecule has 3 heterocycles. The van der Waals surface area contributed by atoms with E-state index in [1.807, 2.05) is 24.4 Å². The summed E-state index contributed by atoms with van der Waals surface area (Å²) in [7, 11) is 1.73. The third-order valence-electron chi connectivity index (χ3n) is 8.05. The van der Waals surface area contributed by atoms with Crippen molar-refractivity contribution in [3.8, 4) is 0 Å².